The second-order valence-electron chi connectivity index (χ2n) is 4.19. The Hall–Kier alpha value is -0.940. The van der Waals surface area contributed by atoms with E-state index in [4.69, 9.17) is 4.74 Å². The molecular weight excluding hydrogens is 204 g/mol. The molecule has 16 heavy (non-hydrogen) atoms. The molecule has 0 radical (unpaired) electrons. The van der Waals surface area contributed by atoms with Gasteiger partial charge in [-0.3, -0.25) is 4.68 Å². The van der Waals surface area contributed by atoms with E-state index in [1.54, 1.807) is 6.33 Å². The zero-order chi connectivity index (χ0) is 11.2. The molecule has 0 aliphatic carbocycles. The first-order chi connectivity index (χ1) is 7.88. The SMILES string of the molecule is CCCNCc1ncn(CC2CCCO2)n1. The van der Waals surface area contributed by atoms with E-state index in [1.165, 1.54) is 6.42 Å². The predicted octanol–water partition coefficient (Wildman–Crippen LogP) is 0.957. The fourth-order valence-electron chi connectivity index (χ4n) is 1.88. The van der Waals surface area contributed by atoms with Crippen molar-refractivity contribution in [2.45, 2.75) is 45.4 Å². The molecule has 1 aromatic heterocycles. The van der Waals surface area contributed by atoms with E-state index in [1.807, 2.05) is 4.68 Å². The van der Waals surface area contributed by atoms with Gasteiger partial charge >= 0.3 is 0 Å². The number of aromatic nitrogens is 3. The van der Waals surface area contributed by atoms with Gasteiger partial charge in [-0.05, 0) is 25.8 Å². The lowest BCUT2D eigenvalue weighted by Crippen LogP contribution is -2.17. The third kappa shape index (κ3) is 3.28. The second-order valence-corrected chi connectivity index (χ2v) is 4.19. The van der Waals surface area contributed by atoms with Crippen molar-refractivity contribution in [1.29, 1.82) is 0 Å². The number of hydrogen-bond acceptors (Lipinski definition) is 4. The largest absolute Gasteiger partial charge is 0.376 e. The van der Waals surface area contributed by atoms with Crippen LogP contribution in [0.25, 0.3) is 0 Å². The van der Waals surface area contributed by atoms with Crippen LogP contribution in [0.2, 0.25) is 0 Å². The van der Waals surface area contributed by atoms with Crippen molar-refractivity contribution in [2.75, 3.05) is 13.2 Å². The van der Waals surface area contributed by atoms with Crippen molar-refractivity contribution >= 4 is 0 Å². The summed E-state index contributed by atoms with van der Waals surface area (Å²) in [6, 6.07) is 0. The normalized spacial score (nSPS) is 20.4. The van der Waals surface area contributed by atoms with Gasteiger partial charge in [0.25, 0.3) is 0 Å². The van der Waals surface area contributed by atoms with Gasteiger partial charge in [0.1, 0.15) is 6.33 Å². The van der Waals surface area contributed by atoms with Gasteiger partial charge in [-0.1, -0.05) is 6.92 Å². The molecule has 1 aromatic rings. The molecule has 0 amide bonds. The molecule has 0 aromatic carbocycles. The molecule has 1 aliphatic rings. The van der Waals surface area contributed by atoms with E-state index in [-0.39, 0.29) is 0 Å². The van der Waals surface area contributed by atoms with Gasteiger partial charge in [0.2, 0.25) is 0 Å². The van der Waals surface area contributed by atoms with Crippen LogP contribution in [0.5, 0.6) is 0 Å². The monoisotopic (exact) mass is 224 g/mol. The summed E-state index contributed by atoms with van der Waals surface area (Å²) >= 11 is 0. The minimum absolute atomic E-state index is 0.332. The molecule has 1 unspecified atom stereocenters. The summed E-state index contributed by atoms with van der Waals surface area (Å²) in [6.07, 6.45) is 5.58. The molecule has 5 heteroatoms. The molecule has 1 saturated heterocycles. The van der Waals surface area contributed by atoms with Crippen LogP contribution in [0.15, 0.2) is 6.33 Å². The minimum Gasteiger partial charge on any atom is -0.376 e. The zero-order valence-corrected chi connectivity index (χ0v) is 9.85. The van der Waals surface area contributed by atoms with E-state index in [9.17, 15) is 0 Å². The molecule has 2 heterocycles. The highest BCUT2D eigenvalue weighted by molar-refractivity contribution is 4.81. The van der Waals surface area contributed by atoms with Crippen LogP contribution in [-0.2, 0) is 17.8 Å². The lowest BCUT2D eigenvalue weighted by molar-refractivity contribution is 0.0938. The quantitative estimate of drug-likeness (QED) is 0.731. The van der Waals surface area contributed by atoms with Crippen LogP contribution >= 0.6 is 0 Å². The summed E-state index contributed by atoms with van der Waals surface area (Å²) in [5, 5.41) is 7.70. The second kappa shape index (κ2) is 5.96. The number of hydrogen-bond donors (Lipinski definition) is 1. The minimum atomic E-state index is 0.332. The van der Waals surface area contributed by atoms with E-state index in [0.717, 1.165) is 44.9 Å². The van der Waals surface area contributed by atoms with Gasteiger partial charge in [-0.25, -0.2) is 4.98 Å². The molecule has 0 bridgehead atoms. The topological polar surface area (TPSA) is 52.0 Å². The van der Waals surface area contributed by atoms with Crippen molar-refractivity contribution in [3.63, 3.8) is 0 Å². The Morgan fingerprint density at radius 3 is 3.31 bits per heavy atom. The standard InChI is InChI=1S/C11H20N4O/c1-2-5-12-7-11-13-9-15(14-11)8-10-4-3-6-16-10/h9-10,12H,2-8H2,1H3. The number of nitrogens with one attached hydrogen (secondary N) is 1. The predicted molar refractivity (Wildman–Crippen MR) is 61.0 cm³/mol. The zero-order valence-electron chi connectivity index (χ0n) is 9.85. The molecular formula is C11H20N4O. The van der Waals surface area contributed by atoms with E-state index >= 15 is 0 Å². The average Bonchev–Trinajstić information content (AvgIpc) is 2.91. The van der Waals surface area contributed by atoms with Crippen molar-refractivity contribution in [3.05, 3.63) is 12.2 Å². The Balaban J connectivity index is 1.77. The Morgan fingerprint density at radius 1 is 1.62 bits per heavy atom. The first-order valence-corrected chi connectivity index (χ1v) is 6.09. The molecule has 90 valence electrons. The molecule has 0 saturated carbocycles. The van der Waals surface area contributed by atoms with E-state index in [0.29, 0.717) is 6.10 Å². The van der Waals surface area contributed by atoms with Crippen molar-refractivity contribution in [1.82, 2.24) is 20.1 Å². The van der Waals surface area contributed by atoms with Crippen LogP contribution < -0.4 is 5.32 Å². The molecule has 1 atom stereocenters. The van der Waals surface area contributed by atoms with Crippen molar-refractivity contribution in [3.8, 4) is 0 Å². The van der Waals surface area contributed by atoms with Gasteiger partial charge in [0, 0.05) is 6.61 Å². The van der Waals surface area contributed by atoms with E-state index < -0.39 is 0 Å². The van der Waals surface area contributed by atoms with Crippen LogP contribution in [0.4, 0.5) is 0 Å². The summed E-state index contributed by atoms with van der Waals surface area (Å²) in [6.45, 7) is 5.65. The maximum absolute atomic E-state index is 5.56. The molecule has 1 fully saturated rings. The number of rotatable bonds is 6. The van der Waals surface area contributed by atoms with Gasteiger partial charge in [-0.15, -0.1) is 0 Å². The van der Waals surface area contributed by atoms with Crippen molar-refractivity contribution < 1.29 is 4.74 Å². The number of ether oxygens (including phenoxy) is 1. The maximum Gasteiger partial charge on any atom is 0.164 e. The summed E-state index contributed by atoms with van der Waals surface area (Å²) in [5.41, 5.74) is 0. The Morgan fingerprint density at radius 2 is 2.56 bits per heavy atom. The lowest BCUT2D eigenvalue weighted by Gasteiger charge is -2.07. The van der Waals surface area contributed by atoms with Gasteiger partial charge in [0.15, 0.2) is 5.82 Å². The van der Waals surface area contributed by atoms with Crippen LogP contribution in [0, 0.1) is 0 Å². The molecule has 1 aliphatic heterocycles. The van der Waals surface area contributed by atoms with E-state index in [2.05, 4.69) is 22.3 Å². The first-order valence-electron chi connectivity index (χ1n) is 6.09. The third-order valence-electron chi connectivity index (χ3n) is 2.71. The summed E-state index contributed by atoms with van der Waals surface area (Å²) < 4.78 is 7.45. The van der Waals surface area contributed by atoms with Crippen LogP contribution in [-0.4, -0.2) is 34.0 Å². The van der Waals surface area contributed by atoms with Crippen LogP contribution in [0.1, 0.15) is 32.0 Å². The summed E-state index contributed by atoms with van der Waals surface area (Å²) in [7, 11) is 0. The highest BCUT2D eigenvalue weighted by Gasteiger charge is 2.16. The Bertz CT molecular complexity index is 307. The summed E-state index contributed by atoms with van der Waals surface area (Å²) in [5.74, 6) is 0.867. The van der Waals surface area contributed by atoms with Crippen LogP contribution in [0.3, 0.4) is 0 Å². The Kier molecular flexibility index (Phi) is 4.30. The average molecular weight is 224 g/mol. The first kappa shape index (κ1) is 11.5. The smallest absolute Gasteiger partial charge is 0.164 e. The lowest BCUT2D eigenvalue weighted by atomic mass is 10.2. The van der Waals surface area contributed by atoms with Gasteiger partial charge < -0.3 is 10.1 Å². The fraction of sp³-hybridized carbons (Fsp3) is 0.818. The van der Waals surface area contributed by atoms with Gasteiger partial charge in [0.05, 0.1) is 19.2 Å². The third-order valence-corrected chi connectivity index (χ3v) is 2.71. The molecule has 5 nitrogen and oxygen atoms in total. The van der Waals surface area contributed by atoms with Gasteiger partial charge in [-0.2, -0.15) is 5.10 Å². The van der Waals surface area contributed by atoms with Crippen molar-refractivity contribution in [2.24, 2.45) is 0 Å². The summed E-state index contributed by atoms with van der Waals surface area (Å²) in [4.78, 5) is 4.26. The Labute approximate surface area is 96.2 Å². The fourth-order valence-corrected chi connectivity index (χ4v) is 1.88. The maximum atomic E-state index is 5.56. The molecule has 1 N–H and O–H groups in total. The molecule has 0 spiro atoms. The highest BCUT2D eigenvalue weighted by Crippen LogP contribution is 2.13. The highest BCUT2D eigenvalue weighted by atomic mass is 16.5. The number of nitrogens with zero attached hydrogens (tertiary/aromatic N) is 3. The molecule has 2 rings (SSSR count).